The van der Waals surface area contributed by atoms with Crippen LogP contribution in [0.2, 0.25) is 0 Å². The van der Waals surface area contributed by atoms with E-state index in [4.69, 9.17) is 22.7 Å². The number of hydrogen-bond donors (Lipinski definition) is 1. The maximum absolute atomic E-state index is 5.94. The van der Waals surface area contributed by atoms with Crippen LogP contribution in [0.25, 0.3) is 0 Å². The van der Waals surface area contributed by atoms with Crippen molar-refractivity contribution in [2.45, 2.75) is 52.1 Å². The van der Waals surface area contributed by atoms with E-state index in [1.807, 2.05) is 6.92 Å². The molecule has 0 spiro atoms. The first-order valence-corrected chi connectivity index (χ1v) is 6.46. The molecule has 0 bridgehead atoms. The first-order chi connectivity index (χ1) is 7.15. The third-order valence-electron chi connectivity index (χ3n) is 3.41. The van der Waals surface area contributed by atoms with Crippen molar-refractivity contribution in [1.29, 1.82) is 0 Å². The van der Waals surface area contributed by atoms with Crippen molar-refractivity contribution in [2.24, 2.45) is 17.6 Å². The third kappa shape index (κ3) is 4.07. The summed E-state index contributed by atoms with van der Waals surface area (Å²) in [6.07, 6.45) is 6.88. The molecule has 88 valence electrons. The lowest BCUT2D eigenvalue weighted by Crippen LogP contribution is -2.31. The molecule has 2 nitrogen and oxygen atoms in total. The zero-order valence-electron chi connectivity index (χ0n) is 9.87. The number of ether oxygens (including phenoxy) is 1. The highest BCUT2D eigenvalue weighted by molar-refractivity contribution is 7.80. The fraction of sp³-hybridized carbons (Fsp3) is 0.917. The van der Waals surface area contributed by atoms with Crippen LogP contribution >= 0.6 is 12.2 Å². The topological polar surface area (TPSA) is 35.2 Å². The van der Waals surface area contributed by atoms with E-state index >= 15 is 0 Å². The minimum absolute atomic E-state index is 0.208. The van der Waals surface area contributed by atoms with E-state index in [1.54, 1.807) is 0 Å². The molecule has 3 heteroatoms. The molecular formula is C12H23NOS. The molecule has 0 aliphatic heterocycles. The van der Waals surface area contributed by atoms with Gasteiger partial charge in [0.2, 0.25) is 0 Å². The minimum Gasteiger partial charge on any atom is -0.393 e. The van der Waals surface area contributed by atoms with Gasteiger partial charge in [-0.05, 0) is 18.8 Å². The van der Waals surface area contributed by atoms with Crippen LogP contribution in [0.4, 0.5) is 0 Å². The summed E-state index contributed by atoms with van der Waals surface area (Å²) in [4.78, 5) is 0.568. The van der Waals surface area contributed by atoms with E-state index in [2.05, 4.69) is 6.92 Å². The molecule has 3 unspecified atom stereocenters. The lowest BCUT2D eigenvalue weighted by Gasteiger charge is -2.31. The second-order valence-electron chi connectivity index (χ2n) is 4.63. The van der Waals surface area contributed by atoms with Gasteiger partial charge in [0.05, 0.1) is 17.7 Å². The predicted octanol–water partition coefficient (Wildman–Crippen LogP) is 2.89. The summed E-state index contributed by atoms with van der Waals surface area (Å²) in [5, 5.41) is 0. The molecule has 0 amide bonds. The average molecular weight is 229 g/mol. The Morgan fingerprint density at radius 2 is 2.13 bits per heavy atom. The first-order valence-electron chi connectivity index (χ1n) is 6.06. The molecule has 0 saturated heterocycles. The molecule has 0 aromatic carbocycles. The first kappa shape index (κ1) is 12.9. The smallest absolute Gasteiger partial charge is 0.0779 e. The Bertz CT molecular complexity index is 208. The van der Waals surface area contributed by atoms with Crippen molar-refractivity contribution in [2.75, 3.05) is 6.61 Å². The Labute approximate surface area is 98.6 Å². The molecule has 1 aliphatic rings. The van der Waals surface area contributed by atoms with E-state index in [-0.39, 0.29) is 5.92 Å². The molecule has 0 radical (unpaired) electrons. The number of thiocarbonyl (C=S) groups is 1. The van der Waals surface area contributed by atoms with Crippen LogP contribution in [0.1, 0.15) is 46.0 Å². The van der Waals surface area contributed by atoms with Crippen LogP contribution in [0, 0.1) is 11.8 Å². The van der Waals surface area contributed by atoms with Crippen LogP contribution in [0.5, 0.6) is 0 Å². The molecule has 3 atom stereocenters. The Balaban J connectivity index is 2.32. The lowest BCUT2D eigenvalue weighted by atomic mass is 9.85. The van der Waals surface area contributed by atoms with Crippen molar-refractivity contribution in [3.05, 3.63) is 0 Å². The standard InChI is InChI=1S/C12H23NOS/c1-3-10-6-4-5-7-11(10)14-8-9(2)12(13)15/h9-11H,3-8H2,1-2H3,(H2,13,15). The van der Waals surface area contributed by atoms with E-state index < -0.39 is 0 Å². The van der Waals surface area contributed by atoms with Crippen molar-refractivity contribution in [3.63, 3.8) is 0 Å². The van der Waals surface area contributed by atoms with Crippen LogP contribution in [0.3, 0.4) is 0 Å². The van der Waals surface area contributed by atoms with Gasteiger partial charge in [-0.15, -0.1) is 0 Å². The van der Waals surface area contributed by atoms with Crippen LogP contribution in [-0.4, -0.2) is 17.7 Å². The summed E-state index contributed by atoms with van der Waals surface area (Å²) >= 11 is 4.94. The van der Waals surface area contributed by atoms with E-state index in [0.29, 0.717) is 17.7 Å². The van der Waals surface area contributed by atoms with Gasteiger partial charge in [0.1, 0.15) is 0 Å². The Morgan fingerprint density at radius 1 is 1.47 bits per heavy atom. The summed E-state index contributed by atoms with van der Waals surface area (Å²) in [6, 6.07) is 0. The van der Waals surface area contributed by atoms with Gasteiger partial charge in [-0.25, -0.2) is 0 Å². The van der Waals surface area contributed by atoms with Gasteiger partial charge in [-0.2, -0.15) is 0 Å². The Hall–Kier alpha value is -0.150. The molecule has 15 heavy (non-hydrogen) atoms. The highest BCUT2D eigenvalue weighted by Crippen LogP contribution is 2.29. The van der Waals surface area contributed by atoms with Crippen LogP contribution in [0.15, 0.2) is 0 Å². The summed E-state index contributed by atoms with van der Waals surface area (Å²) in [5.74, 6) is 0.955. The van der Waals surface area contributed by atoms with Gasteiger partial charge in [-0.3, -0.25) is 0 Å². The fourth-order valence-corrected chi connectivity index (χ4v) is 2.28. The van der Waals surface area contributed by atoms with Crippen molar-refractivity contribution in [1.82, 2.24) is 0 Å². The predicted molar refractivity (Wildman–Crippen MR) is 67.9 cm³/mol. The normalized spacial score (nSPS) is 28.7. The largest absolute Gasteiger partial charge is 0.393 e. The molecule has 1 rings (SSSR count). The quantitative estimate of drug-likeness (QED) is 0.736. The van der Waals surface area contributed by atoms with E-state index in [0.717, 1.165) is 5.92 Å². The maximum Gasteiger partial charge on any atom is 0.0779 e. The lowest BCUT2D eigenvalue weighted by molar-refractivity contribution is -0.0181. The van der Waals surface area contributed by atoms with Crippen LogP contribution in [-0.2, 0) is 4.74 Å². The van der Waals surface area contributed by atoms with Gasteiger partial charge in [0, 0.05) is 5.92 Å². The van der Waals surface area contributed by atoms with Gasteiger partial charge in [-0.1, -0.05) is 45.3 Å². The summed E-state index contributed by atoms with van der Waals surface area (Å²) in [6.45, 7) is 4.98. The summed E-state index contributed by atoms with van der Waals surface area (Å²) < 4.78 is 5.94. The average Bonchev–Trinajstić information content (AvgIpc) is 2.26. The zero-order valence-corrected chi connectivity index (χ0v) is 10.7. The molecule has 1 fully saturated rings. The van der Waals surface area contributed by atoms with Crippen molar-refractivity contribution < 1.29 is 4.74 Å². The molecular weight excluding hydrogens is 206 g/mol. The maximum atomic E-state index is 5.94. The Kier molecular flexibility index (Phi) is 5.54. The highest BCUT2D eigenvalue weighted by Gasteiger charge is 2.24. The number of hydrogen-bond acceptors (Lipinski definition) is 2. The third-order valence-corrected chi connectivity index (χ3v) is 3.81. The number of rotatable bonds is 5. The summed E-state index contributed by atoms with van der Waals surface area (Å²) in [5.41, 5.74) is 5.57. The van der Waals surface area contributed by atoms with Gasteiger partial charge >= 0.3 is 0 Å². The van der Waals surface area contributed by atoms with Crippen molar-refractivity contribution >= 4 is 17.2 Å². The summed E-state index contributed by atoms with van der Waals surface area (Å²) in [7, 11) is 0. The molecule has 0 heterocycles. The van der Waals surface area contributed by atoms with Crippen molar-refractivity contribution in [3.8, 4) is 0 Å². The molecule has 0 aromatic rings. The SMILES string of the molecule is CCC1CCCCC1OCC(C)C(N)=S. The highest BCUT2D eigenvalue weighted by atomic mass is 32.1. The molecule has 2 N–H and O–H groups in total. The van der Waals surface area contributed by atoms with Gasteiger partial charge in [0.15, 0.2) is 0 Å². The molecule has 1 saturated carbocycles. The second kappa shape index (κ2) is 6.44. The monoisotopic (exact) mass is 229 g/mol. The molecule has 0 aromatic heterocycles. The van der Waals surface area contributed by atoms with Gasteiger partial charge < -0.3 is 10.5 Å². The van der Waals surface area contributed by atoms with Crippen LogP contribution < -0.4 is 5.73 Å². The Morgan fingerprint density at radius 3 is 2.73 bits per heavy atom. The second-order valence-corrected chi connectivity index (χ2v) is 5.10. The number of nitrogens with two attached hydrogens (primary N) is 1. The molecule has 1 aliphatic carbocycles. The fourth-order valence-electron chi connectivity index (χ4n) is 2.21. The van der Waals surface area contributed by atoms with E-state index in [1.165, 1.54) is 32.1 Å². The zero-order chi connectivity index (χ0) is 11.3. The minimum atomic E-state index is 0.208. The van der Waals surface area contributed by atoms with E-state index in [9.17, 15) is 0 Å². The van der Waals surface area contributed by atoms with Gasteiger partial charge in [0.25, 0.3) is 0 Å².